The zero-order chi connectivity index (χ0) is 13.7. The molecule has 2 rings (SSSR count). The Labute approximate surface area is 113 Å². The van der Waals surface area contributed by atoms with E-state index in [9.17, 15) is 0 Å². The van der Waals surface area contributed by atoms with Crippen LogP contribution in [0.3, 0.4) is 0 Å². The highest BCUT2D eigenvalue weighted by atomic mass is 16.5. The maximum absolute atomic E-state index is 5.41. The van der Waals surface area contributed by atoms with Gasteiger partial charge in [0.15, 0.2) is 0 Å². The summed E-state index contributed by atoms with van der Waals surface area (Å²) in [6.45, 7) is 5.03. The molecule has 0 saturated heterocycles. The van der Waals surface area contributed by atoms with Crippen LogP contribution in [0.2, 0.25) is 0 Å². The average Bonchev–Trinajstić information content (AvgIpc) is 2.86. The van der Waals surface area contributed by atoms with Crippen LogP contribution >= 0.6 is 0 Å². The van der Waals surface area contributed by atoms with Crippen molar-refractivity contribution in [1.82, 2.24) is 10.3 Å². The fourth-order valence-electron chi connectivity index (χ4n) is 2.04. The summed E-state index contributed by atoms with van der Waals surface area (Å²) in [5.74, 6) is 1.68. The second-order valence-corrected chi connectivity index (χ2v) is 4.54. The molecule has 0 amide bonds. The number of nitrogens with zero attached hydrogens (tertiary/aromatic N) is 1. The van der Waals surface area contributed by atoms with E-state index in [1.165, 1.54) is 0 Å². The van der Waals surface area contributed by atoms with Gasteiger partial charge in [0, 0.05) is 11.8 Å². The first kappa shape index (κ1) is 13.6. The quantitative estimate of drug-likeness (QED) is 0.867. The summed E-state index contributed by atoms with van der Waals surface area (Å²) in [4.78, 5) is 4.22. The summed E-state index contributed by atoms with van der Waals surface area (Å²) >= 11 is 0. The zero-order valence-electron chi connectivity index (χ0n) is 11.6. The standard InChI is InChI=1S/C15H20N2O2/c1-4-5-17-15(13-6-11(2)19-10-13)12-7-14(18-3)9-16-8-12/h6-10,15,17H,4-5H2,1-3H3. The van der Waals surface area contributed by atoms with Gasteiger partial charge >= 0.3 is 0 Å². The molecule has 2 heterocycles. The van der Waals surface area contributed by atoms with Crippen molar-refractivity contribution in [2.45, 2.75) is 26.3 Å². The minimum atomic E-state index is 0.0833. The van der Waals surface area contributed by atoms with Gasteiger partial charge in [-0.1, -0.05) is 6.92 Å². The molecule has 0 aliphatic carbocycles. The average molecular weight is 260 g/mol. The molecule has 0 bridgehead atoms. The van der Waals surface area contributed by atoms with Crippen molar-refractivity contribution in [2.75, 3.05) is 13.7 Å². The molecule has 0 aliphatic heterocycles. The minimum absolute atomic E-state index is 0.0833. The molecule has 0 aromatic carbocycles. The Balaban J connectivity index is 2.30. The summed E-state index contributed by atoms with van der Waals surface area (Å²) < 4.78 is 10.6. The van der Waals surface area contributed by atoms with Crippen LogP contribution in [-0.2, 0) is 0 Å². The van der Waals surface area contributed by atoms with E-state index in [0.717, 1.165) is 35.6 Å². The van der Waals surface area contributed by atoms with Gasteiger partial charge in [-0.05, 0) is 37.6 Å². The molecule has 1 atom stereocenters. The molecule has 19 heavy (non-hydrogen) atoms. The molecule has 102 valence electrons. The van der Waals surface area contributed by atoms with Gasteiger partial charge < -0.3 is 14.5 Å². The Morgan fingerprint density at radius 3 is 2.79 bits per heavy atom. The third-order valence-corrected chi connectivity index (χ3v) is 2.99. The van der Waals surface area contributed by atoms with Crippen molar-refractivity contribution in [3.05, 3.63) is 47.7 Å². The zero-order valence-corrected chi connectivity index (χ0v) is 11.6. The number of methoxy groups -OCH3 is 1. The molecule has 0 spiro atoms. The Morgan fingerprint density at radius 1 is 1.32 bits per heavy atom. The van der Waals surface area contributed by atoms with Crippen molar-refractivity contribution >= 4 is 0 Å². The molecule has 2 aromatic heterocycles. The third-order valence-electron chi connectivity index (χ3n) is 2.99. The van der Waals surface area contributed by atoms with E-state index in [-0.39, 0.29) is 6.04 Å². The summed E-state index contributed by atoms with van der Waals surface area (Å²) in [5, 5.41) is 3.51. The number of pyridine rings is 1. The highest BCUT2D eigenvalue weighted by Gasteiger charge is 2.16. The van der Waals surface area contributed by atoms with Crippen LogP contribution in [-0.4, -0.2) is 18.6 Å². The first-order valence-corrected chi connectivity index (χ1v) is 6.52. The molecular weight excluding hydrogens is 240 g/mol. The minimum Gasteiger partial charge on any atom is -0.495 e. The molecule has 0 aliphatic rings. The fraction of sp³-hybridized carbons (Fsp3) is 0.400. The SMILES string of the molecule is CCCNC(c1cncc(OC)c1)c1coc(C)c1. The number of hydrogen-bond donors (Lipinski definition) is 1. The van der Waals surface area contributed by atoms with Gasteiger partial charge in [0.2, 0.25) is 0 Å². The van der Waals surface area contributed by atoms with Gasteiger partial charge in [0.1, 0.15) is 11.5 Å². The molecule has 1 unspecified atom stereocenters. The maximum Gasteiger partial charge on any atom is 0.137 e. The number of rotatable bonds is 6. The monoisotopic (exact) mass is 260 g/mol. The smallest absolute Gasteiger partial charge is 0.137 e. The van der Waals surface area contributed by atoms with Crippen molar-refractivity contribution in [3.63, 3.8) is 0 Å². The van der Waals surface area contributed by atoms with Crippen molar-refractivity contribution in [2.24, 2.45) is 0 Å². The molecule has 2 aromatic rings. The van der Waals surface area contributed by atoms with E-state index in [0.29, 0.717) is 0 Å². The predicted octanol–water partition coefficient (Wildman–Crippen LogP) is 3.08. The van der Waals surface area contributed by atoms with Gasteiger partial charge in [-0.15, -0.1) is 0 Å². The number of aryl methyl sites for hydroxylation is 1. The lowest BCUT2D eigenvalue weighted by Crippen LogP contribution is -2.23. The summed E-state index contributed by atoms with van der Waals surface area (Å²) in [5.41, 5.74) is 2.19. The molecule has 1 N–H and O–H groups in total. The summed E-state index contributed by atoms with van der Waals surface area (Å²) in [7, 11) is 1.65. The molecule has 4 nitrogen and oxygen atoms in total. The Kier molecular flexibility index (Phi) is 4.58. The molecule has 4 heteroatoms. The molecule has 0 radical (unpaired) electrons. The summed E-state index contributed by atoms with van der Waals surface area (Å²) in [6, 6.07) is 4.13. The first-order chi connectivity index (χ1) is 9.24. The highest BCUT2D eigenvalue weighted by Crippen LogP contribution is 2.25. The van der Waals surface area contributed by atoms with Crippen LogP contribution < -0.4 is 10.1 Å². The number of furan rings is 1. The van der Waals surface area contributed by atoms with E-state index in [4.69, 9.17) is 9.15 Å². The van der Waals surface area contributed by atoms with E-state index in [2.05, 4.69) is 17.2 Å². The van der Waals surface area contributed by atoms with Gasteiger partial charge in [-0.25, -0.2) is 0 Å². The van der Waals surface area contributed by atoms with Gasteiger partial charge in [0.25, 0.3) is 0 Å². The second-order valence-electron chi connectivity index (χ2n) is 4.54. The van der Waals surface area contributed by atoms with Gasteiger partial charge in [-0.2, -0.15) is 0 Å². The van der Waals surface area contributed by atoms with E-state index in [1.54, 1.807) is 19.6 Å². The lowest BCUT2D eigenvalue weighted by molar-refractivity contribution is 0.411. The predicted molar refractivity (Wildman–Crippen MR) is 74.4 cm³/mol. The Bertz CT molecular complexity index is 522. The first-order valence-electron chi connectivity index (χ1n) is 6.52. The number of nitrogens with one attached hydrogen (secondary N) is 1. The lowest BCUT2D eigenvalue weighted by atomic mass is 10.0. The van der Waals surface area contributed by atoms with Crippen LogP contribution in [0.5, 0.6) is 5.75 Å². The van der Waals surface area contributed by atoms with Crippen molar-refractivity contribution in [1.29, 1.82) is 0 Å². The number of aromatic nitrogens is 1. The Morgan fingerprint density at radius 2 is 2.16 bits per heavy atom. The van der Waals surface area contributed by atoms with Crippen LogP contribution in [0.25, 0.3) is 0 Å². The Hall–Kier alpha value is -1.81. The highest BCUT2D eigenvalue weighted by molar-refractivity contribution is 5.33. The maximum atomic E-state index is 5.41. The fourth-order valence-corrected chi connectivity index (χ4v) is 2.04. The lowest BCUT2D eigenvalue weighted by Gasteiger charge is -2.17. The molecule has 0 saturated carbocycles. The third kappa shape index (κ3) is 3.35. The number of ether oxygens (including phenoxy) is 1. The van der Waals surface area contributed by atoms with Crippen LogP contribution in [0.4, 0.5) is 0 Å². The van der Waals surface area contributed by atoms with Crippen LogP contribution in [0.15, 0.2) is 35.2 Å². The number of hydrogen-bond acceptors (Lipinski definition) is 4. The summed E-state index contributed by atoms with van der Waals surface area (Å²) in [6.07, 6.45) is 6.44. The van der Waals surface area contributed by atoms with Gasteiger partial charge in [0.05, 0.1) is 25.6 Å². The molecule has 0 fully saturated rings. The molecular formula is C15H20N2O2. The largest absolute Gasteiger partial charge is 0.495 e. The van der Waals surface area contributed by atoms with Crippen molar-refractivity contribution in [3.8, 4) is 5.75 Å². The van der Waals surface area contributed by atoms with Gasteiger partial charge in [-0.3, -0.25) is 4.98 Å². The van der Waals surface area contributed by atoms with E-state index < -0.39 is 0 Å². The van der Waals surface area contributed by atoms with Crippen LogP contribution in [0.1, 0.15) is 36.3 Å². The van der Waals surface area contributed by atoms with E-state index in [1.807, 2.05) is 25.3 Å². The second kappa shape index (κ2) is 6.38. The van der Waals surface area contributed by atoms with Crippen LogP contribution in [0, 0.1) is 6.92 Å². The topological polar surface area (TPSA) is 47.3 Å². The van der Waals surface area contributed by atoms with E-state index >= 15 is 0 Å². The normalized spacial score (nSPS) is 12.4. The van der Waals surface area contributed by atoms with Crippen molar-refractivity contribution < 1.29 is 9.15 Å².